The first-order chi connectivity index (χ1) is 11.7. The van der Waals surface area contributed by atoms with Gasteiger partial charge < -0.3 is 14.5 Å². The molecular formula is C18H29N3O3. The van der Waals surface area contributed by atoms with Crippen molar-refractivity contribution >= 4 is 5.91 Å². The SMILES string of the molecule is CC(c1ccc(C(=O)NCCN2CCOCC2)o1)N1CCCCC1. The Balaban J connectivity index is 1.46. The topological polar surface area (TPSA) is 58.0 Å². The molecule has 2 aliphatic heterocycles. The maximum absolute atomic E-state index is 12.2. The van der Waals surface area contributed by atoms with Gasteiger partial charge in [-0.05, 0) is 45.0 Å². The van der Waals surface area contributed by atoms with E-state index in [0.717, 1.165) is 51.7 Å². The summed E-state index contributed by atoms with van der Waals surface area (Å²) in [5.74, 6) is 1.17. The van der Waals surface area contributed by atoms with Gasteiger partial charge in [0.2, 0.25) is 0 Å². The molecule has 6 heteroatoms. The van der Waals surface area contributed by atoms with Crippen molar-refractivity contribution in [1.82, 2.24) is 15.1 Å². The summed E-state index contributed by atoms with van der Waals surface area (Å²) in [5, 5.41) is 2.95. The molecule has 3 heterocycles. The van der Waals surface area contributed by atoms with Crippen LogP contribution in [0.4, 0.5) is 0 Å². The van der Waals surface area contributed by atoms with Gasteiger partial charge >= 0.3 is 0 Å². The first-order valence-corrected chi connectivity index (χ1v) is 9.16. The summed E-state index contributed by atoms with van der Waals surface area (Å²) in [6.07, 6.45) is 3.82. The summed E-state index contributed by atoms with van der Waals surface area (Å²) in [6.45, 7) is 9.32. The molecule has 24 heavy (non-hydrogen) atoms. The molecule has 1 amide bonds. The van der Waals surface area contributed by atoms with Crippen LogP contribution in [-0.2, 0) is 4.74 Å². The van der Waals surface area contributed by atoms with Gasteiger partial charge in [0.25, 0.3) is 5.91 Å². The van der Waals surface area contributed by atoms with E-state index >= 15 is 0 Å². The van der Waals surface area contributed by atoms with Crippen molar-refractivity contribution in [1.29, 1.82) is 0 Å². The maximum Gasteiger partial charge on any atom is 0.287 e. The summed E-state index contributed by atoms with van der Waals surface area (Å²) >= 11 is 0. The van der Waals surface area contributed by atoms with E-state index in [9.17, 15) is 4.79 Å². The van der Waals surface area contributed by atoms with Crippen LogP contribution in [0.25, 0.3) is 0 Å². The number of furan rings is 1. The standard InChI is InChI=1S/C18H29N3O3/c1-15(21-8-3-2-4-9-21)16-5-6-17(24-16)18(22)19-7-10-20-11-13-23-14-12-20/h5-6,15H,2-4,7-14H2,1H3,(H,19,22). The van der Waals surface area contributed by atoms with E-state index in [1.807, 2.05) is 6.07 Å². The molecule has 1 unspecified atom stereocenters. The second-order valence-corrected chi connectivity index (χ2v) is 6.68. The summed E-state index contributed by atoms with van der Waals surface area (Å²) in [5.41, 5.74) is 0. The van der Waals surface area contributed by atoms with Crippen LogP contribution < -0.4 is 5.32 Å². The Morgan fingerprint density at radius 2 is 1.92 bits per heavy atom. The van der Waals surface area contributed by atoms with Gasteiger partial charge in [-0.15, -0.1) is 0 Å². The average Bonchev–Trinajstić information content (AvgIpc) is 3.13. The van der Waals surface area contributed by atoms with Crippen LogP contribution in [0.2, 0.25) is 0 Å². The van der Waals surface area contributed by atoms with Crippen molar-refractivity contribution in [3.8, 4) is 0 Å². The average molecular weight is 335 g/mol. The van der Waals surface area contributed by atoms with Crippen molar-refractivity contribution in [2.75, 3.05) is 52.5 Å². The third kappa shape index (κ3) is 4.59. The molecule has 134 valence electrons. The van der Waals surface area contributed by atoms with Crippen molar-refractivity contribution in [2.24, 2.45) is 0 Å². The fourth-order valence-corrected chi connectivity index (χ4v) is 3.42. The van der Waals surface area contributed by atoms with Crippen LogP contribution in [0.5, 0.6) is 0 Å². The Bertz CT molecular complexity index is 519. The molecule has 2 saturated heterocycles. The monoisotopic (exact) mass is 335 g/mol. The molecular weight excluding hydrogens is 306 g/mol. The molecule has 1 atom stereocenters. The van der Waals surface area contributed by atoms with Crippen LogP contribution in [0.15, 0.2) is 16.5 Å². The number of nitrogens with one attached hydrogen (secondary N) is 1. The van der Waals surface area contributed by atoms with Crippen LogP contribution in [0.1, 0.15) is 48.5 Å². The predicted molar refractivity (Wildman–Crippen MR) is 92.1 cm³/mol. The Morgan fingerprint density at radius 1 is 1.17 bits per heavy atom. The zero-order chi connectivity index (χ0) is 16.8. The second kappa shape index (κ2) is 8.65. The molecule has 2 fully saturated rings. The number of ether oxygens (including phenoxy) is 1. The lowest BCUT2D eigenvalue weighted by atomic mass is 10.1. The van der Waals surface area contributed by atoms with E-state index in [1.54, 1.807) is 6.07 Å². The van der Waals surface area contributed by atoms with Gasteiger partial charge in [0, 0.05) is 26.2 Å². The van der Waals surface area contributed by atoms with Crippen LogP contribution in [0.3, 0.4) is 0 Å². The molecule has 2 aliphatic rings. The number of morpholine rings is 1. The van der Waals surface area contributed by atoms with E-state index < -0.39 is 0 Å². The number of nitrogens with zero attached hydrogens (tertiary/aromatic N) is 2. The highest BCUT2D eigenvalue weighted by molar-refractivity contribution is 5.91. The molecule has 1 aromatic heterocycles. The Hall–Kier alpha value is -1.37. The Labute approximate surface area is 144 Å². The van der Waals surface area contributed by atoms with E-state index in [2.05, 4.69) is 22.0 Å². The van der Waals surface area contributed by atoms with Crippen molar-refractivity contribution < 1.29 is 13.9 Å². The highest BCUT2D eigenvalue weighted by Gasteiger charge is 2.22. The Morgan fingerprint density at radius 3 is 2.67 bits per heavy atom. The molecule has 1 N–H and O–H groups in total. The third-order valence-electron chi connectivity index (χ3n) is 5.02. The third-order valence-corrected chi connectivity index (χ3v) is 5.02. The van der Waals surface area contributed by atoms with Crippen LogP contribution in [-0.4, -0.2) is 68.2 Å². The van der Waals surface area contributed by atoms with E-state index in [-0.39, 0.29) is 11.9 Å². The number of amides is 1. The largest absolute Gasteiger partial charge is 0.454 e. The quantitative estimate of drug-likeness (QED) is 0.860. The number of hydrogen-bond donors (Lipinski definition) is 1. The first kappa shape index (κ1) is 17.5. The van der Waals surface area contributed by atoms with Gasteiger partial charge in [-0.2, -0.15) is 0 Å². The molecule has 0 saturated carbocycles. The number of piperidine rings is 1. The molecule has 0 aliphatic carbocycles. The van der Waals surface area contributed by atoms with Crippen molar-refractivity contribution in [2.45, 2.75) is 32.2 Å². The zero-order valence-electron chi connectivity index (χ0n) is 14.6. The van der Waals surface area contributed by atoms with Gasteiger partial charge in [0.1, 0.15) is 5.76 Å². The minimum Gasteiger partial charge on any atom is -0.454 e. The summed E-state index contributed by atoms with van der Waals surface area (Å²) < 4.78 is 11.1. The molecule has 0 bridgehead atoms. The summed E-state index contributed by atoms with van der Waals surface area (Å²) in [7, 11) is 0. The molecule has 0 spiro atoms. The molecule has 1 aromatic rings. The molecule has 0 aromatic carbocycles. The molecule has 3 rings (SSSR count). The van der Waals surface area contributed by atoms with Crippen molar-refractivity contribution in [3.63, 3.8) is 0 Å². The lowest BCUT2D eigenvalue weighted by Gasteiger charge is -2.31. The van der Waals surface area contributed by atoms with Gasteiger partial charge in [-0.1, -0.05) is 6.42 Å². The van der Waals surface area contributed by atoms with Gasteiger partial charge in [0.15, 0.2) is 5.76 Å². The predicted octanol–water partition coefficient (Wildman–Crippen LogP) is 1.89. The number of hydrogen-bond acceptors (Lipinski definition) is 5. The normalized spacial score (nSPS) is 21.5. The summed E-state index contributed by atoms with van der Waals surface area (Å²) in [4.78, 5) is 17.0. The number of rotatable bonds is 6. The lowest BCUT2D eigenvalue weighted by molar-refractivity contribution is 0.0382. The van der Waals surface area contributed by atoms with Gasteiger partial charge in [0.05, 0.1) is 19.3 Å². The second-order valence-electron chi connectivity index (χ2n) is 6.68. The van der Waals surface area contributed by atoms with Gasteiger partial charge in [-0.25, -0.2) is 0 Å². The number of carbonyl (C=O) groups excluding carboxylic acids is 1. The van der Waals surface area contributed by atoms with Crippen molar-refractivity contribution in [3.05, 3.63) is 23.7 Å². The van der Waals surface area contributed by atoms with E-state index in [1.165, 1.54) is 19.3 Å². The minimum absolute atomic E-state index is 0.125. The van der Waals surface area contributed by atoms with Gasteiger partial charge in [-0.3, -0.25) is 14.6 Å². The number of carbonyl (C=O) groups is 1. The Kier molecular flexibility index (Phi) is 6.29. The van der Waals surface area contributed by atoms with Crippen LogP contribution in [0, 0.1) is 0 Å². The fourth-order valence-electron chi connectivity index (χ4n) is 3.42. The fraction of sp³-hybridized carbons (Fsp3) is 0.722. The maximum atomic E-state index is 12.2. The van der Waals surface area contributed by atoms with E-state index in [4.69, 9.17) is 9.15 Å². The summed E-state index contributed by atoms with van der Waals surface area (Å²) in [6, 6.07) is 3.97. The zero-order valence-corrected chi connectivity index (χ0v) is 14.6. The lowest BCUT2D eigenvalue weighted by Crippen LogP contribution is -2.41. The van der Waals surface area contributed by atoms with E-state index in [0.29, 0.717) is 12.3 Å². The first-order valence-electron chi connectivity index (χ1n) is 9.16. The highest BCUT2D eigenvalue weighted by atomic mass is 16.5. The molecule has 0 radical (unpaired) electrons. The molecule has 6 nitrogen and oxygen atoms in total. The highest BCUT2D eigenvalue weighted by Crippen LogP contribution is 2.25. The smallest absolute Gasteiger partial charge is 0.287 e. The minimum atomic E-state index is -0.125. The van der Waals surface area contributed by atoms with Crippen LogP contribution >= 0.6 is 0 Å². The number of likely N-dealkylation sites (tertiary alicyclic amines) is 1.